The molecule has 0 aliphatic carbocycles. The molecule has 122 valence electrons. The minimum atomic E-state index is 0.251. The molecular formula is C17H17N5OS. The van der Waals surface area contributed by atoms with Gasteiger partial charge in [0.05, 0.1) is 16.3 Å². The summed E-state index contributed by atoms with van der Waals surface area (Å²) in [5.74, 6) is 0. The van der Waals surface area contributed by atoms with E-state index in [2.05, 4.69) is 25.1 Å². The lowest BCUT2D eigenvalue weighted by Crippen LogP contribution is -2.01. The summed E-state index contributed by atoms with van der Waals surface area (Å²) in [7, 11) is 0. The zero-order chi connectivity index (χ0) is 17.1. The molecule has 0 amide bonds. The third-order valence-electron chi connectivity index (χ3n) is 3.26. The SMILES string of the molecule is C/C(=N\Oc1nc(C)cc(C)n1)c1sc(-c2cccnc2)nc1C. The number of hydrogen-bond donors (Lipinski definition) is 0. The molecule has 0 bridgehead atoms. The fourth-order valence-electron chi connectivity index (χ4n) is 2.23. The van der Waals surface area contributed by atoms with Gasteiger partial charge in [0.25, 0.3) is 0 Å². The van der Waals surface area contributed by atoms with Gasteiger partial charge in [0.2, 0.25) is 0 Å². The van der Waals surface area contributed by atoms with E-state index in [0.717, 1.165) is 38.2 Å². The maximum absolute atomic E-state index is 5.39. The van der Waals surface area contributed by atoms with E-state index in [1.54, 1.807) is 23.7 Å². The van der Waals surface area contributed by atoms with Gasteiger partial charge in [0, 0.05) is 29.3 Å². The predicted octanol–water partition coefficient (Wildman–Crippen LogP) is 3.72. The van der Waals surface area contributed by atoms with E-state index >= 15 is 0 Å². The maximum atomic E-state index is 5.39. The number of aryl methyl sites for hydroxylation is 3. The molecule has 6 nitrogen and oxygen atoms in total. The molecule has 0 aromatic carbocycles. The highest BCUT2D eigenvalue weighted by Crippen LogP contribution is 2.27. The van der Waals surface area contributed by atoms with Crippen LogP contribution in [0.4, 0.5) is 0 Å². The molecule has 0 atom stereocenters. The molecule has 0 aliphatic heterocycles. The first-order valence-corrected chi connectivity index (χ1v) is 8.26. The Morgan fingerprint density at radius 2 is 1.88 bits per heavy atom. The Bertz CT molecular complexity index is 869. The van der Waals surface area contributed by atoms with Crippen molar-refractivity contribution in [3.8, 4) is 16.6 Å². The molecule has 0 saturated carbocycles. The van der Waals surface area contributed by atoms with Crippen LogP contribution < -0.4 is 4.84 Å². The smallest absolute Gasteiger partial charge is 0.315 e. The fraction of sp³-hybridized carbons (Fsp3) is 0.235. The normalized spacial score (nSPS) is 11.6. The summed E-state index contributed by atoms with van der Waals surface area (Å²) < 4.78 is 0. The van der Waals surface area contributed by atoms with E-state index in [-0.39, 0.29) is 6.01 Å². The average molecular weight is 339 g/mol. The van der Waals surface area contributed by atoms with Crippen LogP contribution in [0.15, 0.2) is 35.7 Å². The highest BCUT2D eigenvalue weighted by Gasteiger charge is 2.13. The first kappa shape index (κ1) is 16.2. The first-order chi connectivity index (χ1) is 11.5. The van der Waals surface area contributed by atoms with Crippen molar-refractivity contribution in [1.29, 1.82) is 0 Å². The Morgan fingerprint density at radius 1 is 1.12 bits per heavy atom. The summed E-state index contributed by atoms with van der Waals surface area (Å²) in [4.78, 5) is 23.5. The van der Waals surface area contributed by atoms with E-state index in [0.29, 0.717) is 0 Å². The van der Waals surface area contributed by atoms with Crippen molar-refractivity contribution in [2.75, 3.05) is 0 Å². The maximum Gasteiger partial charge on any atom is 0.346 e. The van der Waals surface area contributed by atoms with Gasteiger partial charge in [-0.1, -0.05) is 5.16 Å². The lowest BCUT2D eigenvalue weighted by atomic mass is 10.3. The summed E-state index contributed by atoms with van der Waals surface area (Å²) in [5, 5.41) is 5.07. The molecule has 24 heavy (non-hydrogen) atoms. The van der Waals surface area contributed by atoms with Crippen LogP contribution in [0.25, 0.3) is 10.6 Å². The minimum Gasteiger partial charge on any atom is -0.315 e. The molecule has 0 fully saturated rings. The van der Waals surface area contributed by atoms with Crippen molar-refractivity contribution < 1.29 is 4.84 Å². The standard InChI is InChI=1S/C17H17N5OS/c1-10-8-11(2)20-17(19-10)23-22-13(4)15-12(3)21-16(24-15)14-6-5-7-18-9-14/h5-9H,1-4H3/b22-13+. The van der Waals surface area contributed by atoms with Crippen molar-refractivity contribution in [2.24, 2.45) is 5.16 Å². The topological polar surface area (TPSA) is 73.2 Å². The van der Waals surface area contributed by atoms with E-state index in [9.17, 15) is 0 Å². The summed E-state index contributed by atoms with van der Waals surface area (Å²) in [5.41, 5.74) is 4.33. The second kappa shape index (κ2) is 6.84. The number of thiazole rings is 1. The number of hydrogen-bond acceptors (Lipinski definition) is 7. The van der Waals surface area contributed by atoms with Gasteiger partial charge in [-0.3, -0.25) is 4.98 Å². The number of rotatable bonds is 4. The van der Waals surface area contributed by atoms with Crippen molar-refractivity contribution >= 4 is 17.0 Å². The molecule has 0 aliphatic rings. The second-order valence-electron chi connectivity index (χ2n) is 5.38. The molecule has 7 heteroatoms. The van der Waals surface area contributed by atoms with Gasteiger partial charge in [-0.2, -0.15) is 9.97 Å². The van der Waals surface area contributed by atoms with Crippen molar-refractivity contribution in [2.45, 2.75) is 27.7 Å². The number of nitrogens with zero attached hydrogens (tertiary/aromatic N) is 5. The van der Waals surface area contributed by atoms with Crippen LogP contribution in [-0.4, -0.2) is 25.6 Å². The largest absolute Gasteiger partial charge is 0.346 e. The molecule has 3 aromatic rings. The summed E-state index contributed by atoms with van der Waals surface area (Å²) >= 11 is 1.56. The van der Waals surface area contributed by atoms with Crippen molar-refractivity contribution in [1.82, 2.24) is 19.9 Å². The Kier molecular flexibility index (Phi) is 4.61. The van der Waals surface area contributed by atoms with E-state index in [1.807, 2.05) is 45.9 Å². The van der Waals surface area contributed by atoms with Crippen LogP contribution in [0, 0.1) is 20.8 Å². The molecule has 0 spiro atoms. The van der Waals surface area contributed by atoms with Gasteiger partial charge >= 0.3 is 6.01 Å². The summed E-state index contributed by atoms with van der Waals surface area (Å²) in [6, 6.07) is 6.02. The van der Waals surface area contributed by atoms with Gasteiger partial charge in [-0.05, 0) is 45.9 Å². The van der Waals surface area contributed by atoms with E-state index in [4.69, 9.17) is 4.84 Å². The summed E-state index contributed by atoms with van der Waals surface area (Å²) in [6.45, 7) is 7.63. The Hall–Kier alpha value is -2.67. The minimum absolute atomic E-state index is 0.251. The van der Waals surface area contributed by atoms with Gasteiger partial charge in [0.1, 0.15) is 5.01 Å². The number of oxime groups is 1. The van der Waals surface area contributed by atoms with E-state index < -0.39 is 0 Å². The highest BCUT2D eigenvalue weighted by atomic mass is 32.1. The zero-order valence-corrected chi connectivity index (χ0v) is 14.8. The third kappa shape index (κ3) is 3.62. The van der Waals surface area contributed by atoms with Crippen LogP contribution in [0.3, 0.4) is 0 Å². The average Bonchev–Trinajstić information content (AvgIpc) is 2.94. The Labute approximate surface area is 144 Å². The van der Waals surface area contributed by atoms with Crippen LogP contribution in [0.1, 0.15) is 28.9 Å². The molecule has 3 rings (SSSR count). The Balaban J connectivity index is 1.84. The van der Waals surface area contributed by atoms with Crippen LogP contribution in [-0.2, 0) is 0 Å². The molecular weight excluding hydrogens is 322 g/mol. The lowest BCUT2D eigenvalue weighted by molar-refractivity contribution is 0.311. The molecule has 3 heterocycles. The molecule has 0 saturated heterocycles. The molecule has 0 unspecified atom stereocenters. The first-order valence-electron chi connectivity index (χ1n) is 7.45. The van der Waals surface area contributed by atoms with Gasteiger partial charge in [-0.25, -0.2) is 4.98 Å². The van der Waals surface area contributed by atoms with Crippen molar-refractivity contribution in [3.05, 3.63) is 52.6 Å². The van der Waals surface area contributed by atoms with Crippen LogP contribution in [0.5, 0.6) is 6.01 Å². The van der Waals surface area contributed by atoms with E-state index in [1.165, 1.54) is 0 Å². The lowest BCUT2D eigenvalue weighted by Gasteiger charge is -2.01. The Morgan fingerprint density at radius 3 is 2.54 bits per heavy atom. The zero-order valence-electron chi connectivity index (χ0n) is 13.9. The highest BCUT2D eigenvalue weighted by molar-refractivity contribution is 7.17. The number of pyridine rings is 1. The molecule has 0 N–H and O–H groups in total. The second-order valence-corrected chi connectivity index (χ2v) is 6.38. The third-order valence-corrected chi connectivity index (χ3v) is 4.57. The predicted molar refractivity (Wildman–Crippen MR) is 94.4 cm³/mol. The van der Waals surface area contributed by atoms with Crippen LogP contribution >= 0.6 is 11.3 Å². The quantitative estimate of drug-likeness (QED) is 0.535. The number of aromatic nitrogens is 4. The summed E-state index contributed by atoms with van der Waals surface area (Å²) in [6.07, 6.45) is 3.55. The van der Waals surface area contributed by atoms with Gasteiger partial charge in [-0.15, -0.1) is 11.3 Å². The van der Waals surface area contributed by atoms with Gasteiger partial charge in [0.15, 0.2) is 0 Å². The molecule has 3 aromatic heterocycles. The van der Waals surface area contributed by atoms with Crippen molar-refractivity contribution in [3.63, 3.8) is 0 Å². The monoisotopic (exact) mass is 339 g/mol. The molecule has 0 radical (unpaired) electrons. The van der Waals surface area contributed by atoms with Gasteiger partial charge < -0.3 is 4.84 Å². The fourth-order valence-corrected chi connectivity index (χ4v) is 3.22. The van der Waals surface area contributed by atoms with Crippen LogP contribution in [0.2, 0.25) is 0 Å².